The molecule has 82 valence electrons. The molecule has 0 saturated heterocycles. The van der Waals surface area contributed by atoms with E-state index < -0.39 is 5.97 Å². The summed E-state index contributed by atoms with van der Waals surface area (Å²) in [6.45, 7) is 0. The molecule has 0 bridgehead atoms. The van der Waals surface area contributed by atoms with Crippen LogP contribution in [0.2, 0.25) is 0 Å². The van der Waals surface area contributed by atoms with Crippen molar-refractivity contribution in [2.75, 3.05) is 7.11 Å². The van der Waals surface area contributed by atoms with Crippen LogP contribution in [0.4, 0.5) is 0 Å². The molecule has 0 saturated carbocycles. The first-order valence-electron chi connectivity index (χ1n) is 4.46. The average Bonchev–Trinajstić information content (AvgIpc) is 2.81. The maximum Gasteiger partial charge on any atom is 0.341 e. The second kappa shape index (κ2) is 4.44. The van der Waals surface area contributed by atoms with E-state index in [1.165, 1.54) is 11.8 Å². The molecule has 0 aromatic carbocycles. The van der Waals surface area contributed by atoms with Crippen molar-refractivity contribution >= 4 is 21.9 Å². The van der Waals surface area contributed by atoms with Crippen molar-refractivity contribution in [1.82, 2.24) is 14.8 Å². The van der Waals surface area contributed by atoms with Gasteiger partial charge in [0.1, 0.15) is 5.56 Å². The van der Waals surface area contributed by atoms with Gasteiger partial charge < -0.3 is 4.74 Å². The van der Waals surface area contributed by atoms with Crippen molar-refractivity contribution in [3.8, 4) is 5.82 Å². The van der Waals surface area contributed by atoms with E-state index in [4.69, 9.17) is 0 Å². The van der Waals surface area contributed by atoms with Gasteiger partial charge in [-0.3, -0.25) is 0 Å². The summed E-state index contributed by atoms with van der Waals surface area (Å²) in [7, 11) is 1.33. The second-order valence-electron chi connectivity index (χ2n) is 2.97. The van der Waals surface area contributed by atoms with Crippen molar-refractivity contribution < 1.29 is 9.53 Å². The summed E-state index contributed by atoms with van der Waals surface area (Å²) < 4.78 is 6.91. The third kappa shape index (κ3) is 1.96. The van der Waals surface area contributed by atoms with Crippen molar-refractivity contribution in [2.24, 2.45) is 0 Å². The summed E-state index contributed by atoms with van der Waals surface area (Å²) in [5.74, 6) is -0.000602. The maximum atomic E-state index is 11.6. The number of rotatable bonds is 2. The fraction of sp³-hybridized carbons (Fsp3) is 0.100. The topological polar surface area (TPSA) is 57.0 Å². The first-order chi connectivity index (χ1) is 7.72. The Bertz CT molecular complexity index is 511. The Morgan fingerprint density at radius 3 is 3.00 bits per heavy atom. The highest BCUT2D eigenvalue weighted by molar-refractivity contribution is 9.10. The number of pyridine rings is 1. The second-order valence-corrected chi connectivity index (χ2v) is 3.88. The molecular weight excluding hydrogens is 274 g/mol. The van der Waals surface area contributed by atoms with Crippen LogP contribution >= 0.6 is 15.9 Å². The lowest BCUT2D eigenvalue weighted by Gasteiger charge is -2.06. The van der Waals surface area contributed by atoms with Crippen LogP contribution in [-0.2, 0) is 4.74 Å². The van der Waals surface area contributed by atoms with Gasteiger partial charge in [0, 0.05) is 23.1 Å². The molecule has 2 heterocycles. The van der Waals surface area contributed by atoms with E-state index >= 15 is 0 Å². The number of hydrogen-bond donors (Lipinski definition) is 0. The number of hydrogen-bond acceptors (Lipinski definition) is 4. The van der Waals surface area contributed by atoms with Gasteiger partial charge in [0.2, 0.25) is 0 Å². The summed E-state index contributed by atoms with van der Waals surface area (Å²) in [6.07, 6.45) is 4.93. The van der Waals surface area contributed by atoms with Gasteiger partial charge in [-0.1, -0.05) is 0 Å². The predicted molar refractivity (Wildman–Crippen MR) is 60.4 cm³/mol. The van der Waals surface area contributed by atoms with Crippen LogP contribution in [0.3, 0.4) is 0 Å². The zero-order chi connectivity index (χ0) is 11.5. The molecular formula is C10H8BrN3O2. The Balaban J connectivity index is 2.57. The molecule has 0 atom stereocenters. The molecule has 0 spiro atoms. The lowest BCUT2D eigenvalue weighted by Crippen LogP contribution is -2.10. The molecule has 6 heteroatoms. The number of carbonyl (C=O) groups is 1. The Labute approximate surface area is 100 Å². The van der Waals surface area contributed by atoms with Gasteiger partial charge in [-0.15, -0.1) is 0 Å². The number of esters is 1. The zero-order valence-electron chi connectivity index (χ0n) is 8.42. The smallest absolute Gasteiger partial charge is 0.341 e. The Morgan fingerprint density at radius 2 is 2.38 bits per heavy atom. The molecule has 0 aliphatic carbocycles. The molecule has 0 radical (unpaired) electrons. The number of ether oxygens (including phenoxy) is 1. The third-order valence-electron chi connectivity index (χ3n) is 1.96. The SMILES string of the molecule is COC(=O)c1cc(Br)cnc1-n1cccn1. The van der Waals surface area contributed by atoms with Crippen LogP contribution in [0.5, 0.6) is 0 Å². The van der Waals surface area contributed by atoms with E-state index in [0.717, 1.165) is 0 Å². The lowest BCUT2D eigenvalue weighted by atomic mass is 10.2. The normalized spacial score (nSPS) is 10.1. The fourth-order valence-electron chi connectivity index (χ4n) is 1.27. The van der Waals surface area contributed by atoms with Crippen LogP contribution in [0.1, 0.15) is 10.4 Å². The molecule has 0 unspecified atom stereocenters. The Morgan fingerprint density at radius 1 is 1.56 bits per heavy atom. The van der Waals surface area contributed by atoms with Gasteiger partial charge >= 0.3 is 5.97 Å². The molecule has 0 N–H and O–H groups in total. The predicted octanol–water partition coefficient (Wildman–Crippen LogP) is 1.82. The third-order valence-corrected chi connectivity index (χ3v) is 2.39. The Kier molecular flexibility index (Phi) is 3.00. The Hall–Kier alpha value is -1.69. The van der Waals surface area contributed by atoms with Gasteiger partial charge in [0.25, 0.3) is 0 Å². The summed E-state index contributed by atoms with van der Waals surface area (Å²) in [4.78, 5) is 15.7. The van der Waals surface area contributed by atoms with Crippen LogP contribution in [0.25, 0.3) is 5.82 Å². The van der Waals surface area contributed by atoms with Crippen molar-refractivity contribution in [3.05, 3.63) is 40.8 Å². The molecule has 0 aliphatic rings. The molecule has 0 fully saturated rings. The summed E-state index contributed by atoms with van der Waals surface area (Å²) in [5, 5.41) is 4.02. The minimum Gasteiger partial charge on any atom is -0.465 e. The van der Waals surface area contributed by atoms with Gasteiger partial charge in [0.15, 0.2) is 5.82 Å². The molecule has 0 aliphatic heterocycles. The van der Waals surface area contributed by atoms with E-state index in [1.807, 2.05) is 0 Å². The highest BCUT2D eigenvalue weighted by Crippen LogP contribution is 2.17. The van der Waals surface area contributed by atoms with Gasteiger partial charge in [-0.25, -0.2) is 14.5 Å². The molecule has 2 rings (SSSR count). The highest BCUT2D eigenvalue weighted by Gasteiger charge is 2.15. The minimum absolute atomic E-state index is 0.362. The molecule has 2 aromatic rings. The van der Waals surface area contributed by atoms with Crippen LogP contribution in [0.15, 0.2) is 35.2 Å². The zero-order valence-corrected chi connectivity index (χ0v) is 10.0. The molecule has 5 nitrogen and oxygen atoms in total. The number of aromatic nitrogens is 3. The fourth-order valence-corrected chi connectivity index (χ4v) is 1.60. The standard InChI is InChI=1S/C10H8BrN3O2/c1-16-10(15)8-5-7(11)6-12-9(8)14-4-2-3-13-14/h2-6H,1H3. The largest absolute Gasteiger partial charge is 0.465 e. The maximum absolute atomic E-state index is 11.6. The van der Waals surface area contributed by atoms with Crippen molar-refractivity contribution in [1.29, 1.82) is 0 Å². The minimum atomic E-state index is -0.445. The number of nitrogens with zero attached hydrogens (tertiary/aromatic N) is 3. The number of carbonyl (C=O) groups excluding carboxylic acids is 1. The van der Waals surface area contributed by atoms with Gasteiger partial charge in [0.05, 0.1) is 7.11 Å². The summed E-state index contributed by atoms with van der Waals surface area (Å²) >= 11 is 3.26. The molecule has 0 amide bonds. The lowest BCUT2D eigenvalue weighted by molar-refractivity contribution is 0.0600. The van der Waals surface area contributed by atoms with E-state index in [0.29, 0.717) is 15.9 Å². The van der Waals surface area contributed by atoms with Crippen molar-refractivity contribution in [2.45, 2.75) is 0 Å². The monoisotopic (exact) mass is 281 g/mol. The van der Waals surface area contributed by atoms with E-state index in [-0.39, 0.29) is 0 Å². The van der Waals surface area contributed by atoms with Gasteiger partial charge in [-0.2, -0.15) is 5.10 Å². The first-order valence-corrected chi connectivity index (χ1v) is 5.25. The average molecular weight is 282 g/mol. The van der Waals surface area contributed by atoms with Crippen LogP contribution in [0, 0.1) is 0 Å². The summed E-state index contributed by atoms with van der Waals surface area (Å²) in [5.41, 5.74) is 0.362. The quantitative estimate of drug-likeness (QED) is 0.788. The van der Waals surface area contributed by atoms with E-state index in [1.54, 1.807) is 30.7 Å². The number of halogens is 1. The van der Waals surface area contributed by atoms with Crippen molar-refractivity contribution in [3.63, 3.8) is 0 Å². The van der Waals surface area contributed by atoms with Crippen LogP contribution < -0.4 is 0 Å². The first kappa shape index (κ1) is 10.8. The van der Waals surface area contributed by atoms with E-state index in [2.05, 4.69) is 30.7 Å². The highest BCUT2D eigenvalue weighted by atomic mass is 79.9. The van der Waals surface area contributed by atoms with Gasteiger partial charge in [-0.05, 0) is 28.1 Å². The molecule has 16 heavy (non-hydrogen) atoms. The van der Waals surface area contributed by atoms with Crippen LogP contribution in [-0.4, -0.2) is 27.8 Å². The van der Waals surface area contributed by atoms with E-state index in [9.17, 15) is 4.79 Å². The summed E-state index contributed by atoms with van der Waals surface area (Å²) in [6, 6.07) is 3.40. The molecule has 2 aromatic heterocycles. The number of methoxy groups -OCH3 is 1.